The highest BCUT2D eigenvalue weighted by Gasteiger charge is 2.30. The van der Waals surface area contributed by atoms with Gasteiger partial charge in [-0.1, -0.05) is 74.9 Å². The van der Waals surface area contributed by atoms with Crippen LogP contribution in [0.5, 0.6) is 0 Å². The third-order valence-electron chi connectivity index (χ3n) is 5.58. The monoisotopic (exact) mass is 461 g/mol. The number of carbonyl (C=O) groups excluding carboxylic acids is 1. The highest BCUT2D eigenvalue weighted by atomic mass is 32.2. The molecule has 0 unspecified atom stereocenters. The molecule has 170 valence electrons. The van der Waals surface area contributed by atoms with Crippen LogP contribution in [0, 0.1) is 6.92 Å². The smallest absolute Gasteiger partial charge is 0.267 e. The molecule has 0 aliphatic carbocycles. The van der Waals surface area contributed by atoms with Crippen molar-refractivity contribution < 1.29 is 13.2 Å². The van der Waals surface area contributed by atoms with Crippen molar-refractivity contribution >= 4 is 32.8 Å². The van der Waals surface area contributed by atoms with Crippen molar-refractivity contribution in [2.75, 3.05) is 10.8 Å². The molecule has 7 heteroatoms. The maximum Gasteiger partial charge on any atom is 0.267 e. The van der Waals surface area contributed by atoms with Crippen LogP contribution in [0.3, 0.4) is 0 Å². The van der Waals surface area contributed by atoms with E-state index in [1.54, 1.807) is 42.5 Å². The highest BCUT2D eigenvalue weighted by Crippen LogP contribution is 2.26. The number of Topliss-reactive ketones (excluding diaryl/α,β-unsaturated/α-hetero) is 1. The fourth-order valence-electron chi connectivity index (χ4n) is 3.55. The number of rotatable bonds is 6. The minimum absolute atomic E-state index is 0.0450. The number of aromatic nitrogens is 2. The van der Waals surface area contributed by atoms with Gasteiger partial charge in [-0.05, 0) is 42.2 Å². The summed E-state index contributed by atoms with van der Waals surface area (Å²) in [6, 6.07) is 21.1. The van der Waals surface area contributed by atoms with Crippen LogP contribution in [0.2, 0.25) is 0 Å². The van der Waals surface area contributed by atoms with Crippen molar-refractivity contribution in [3.63, 3.8) is 0 Å². The van der Waals surface area contributed by atoms with E-state index in [1.165, 1.54) is 0 Å². The largest absolute Gasteiger partial charge is 0.323 e. The normalized spacial score (nSPS) is 12.1. The number of aromatic amines is 1. The van der Waals surface area contributed by atoms with Gasteiger partial charge in [0.15, 0.2) is 5.78 Å². The summed E-state index contributed by atoms with van der Waals surface area (Å²) in [7, 11) is -4.03. The molecular weight excluding hydrogens is 434 g/mol. The standard InChI is InChI=1S/C26H27N3O3S/c1-18-9-15-21(16-10-18)33(31,32)29(25-27-22-7-5-6-8-23(22)28-25)17-24(30)19-11-13-20(14-12-19)26(2,3)4/h5-16H,17H2,1-4H3,(H,27,28). The minimum Gasteiger partial charge on any atom is -0.323 e. The predicted molar refractivity (Wildman–Crippen MR) is 131 cm³/mol. The number of imidazole rings is 1. The van der Waals surface area contributed by atoms with Gasteiger partial charge in [-0.3, -0.25) is 4.79 Å². The predicted octanol–water partition coefficient (Wildman–Crippen LogP) is 5.25. The second-order valence-corrected chi connectivity index (χ2v) is 11.0. The second-order valence-electron chi connectivity index (χ2n) is 9.15. The number of ketones is 1. The molecule has 0 aliphatic rings. The van der Waals surface area contributed by atoms with E-state index >= 15 is 0 Å². The molecule has 6 nitrogen and oxygen atoms in total. The summed E-state index contributed by atoms with van der Waals surface area (Å²) in [4.78, 5) is 20.8. The molecule has 33 heavy (non-hydrogen) atoms. The Bertz CT molecular complexity index is 1360. The van der Waals surface area contributed by atoms with Gasteiger partial charge in [0.25, 0.3) is 10.0 Å². The number of carbonyl (C=O) groups is 1. The SMILES string of the molecule is Cc1ccc(S(=O)(=O)N(CC(=O)c2ccc(C(C)(C)C)cc2)c2nc3ccccc3[nH]2)cc1. The summed E-state index contributed by atoms with van der Waals surface area (Å²) < 4.78 is 28.2. The zero-order valence-corrected chi connectivity index (χ0v) is 20.0. The topological polar surface area (TPSA) is 83.1 Å². The van der Waals surface area contributed by atoms with Crippen molar-refractivity contribution in [1.29, 1.82) is 0 Å². The Balaban J connectivity index is 1.74. The third kappa shape index (κ3) is 4.68. The van der Waals surface area contributed by atoms with Gasteiger partial charge in [-0.15, -0.1) is 0 Å². The van der Waals surface area contributed by atoms with Gasteiger partial charge in [-0.25, -0.2) is 17.7 Å². The molecule has 0 atom stereocenters. The minimum atomic E-state index is -4.03. The van der Waals surface area contributed by atoms with Gasteiger partial charge in [0.05, 0.1) is 15.9 Å². The number of hydrogen-bond donors (Lipinski definition) is 1. The fraction of sp³-hybridized carbons (Fsp3) is 0.231. The van der Waals surface area contributed by atoms with Crippen LogP contribution in [-0.4, -0.2) is 30.7 Å². The molecule has 4 rings (SSSR count). The number of hydrogen-bond acceptors (Lipinski definition) is 4. The number of aryl methyl sites for hydroxylation is 1. The van der Waals surface area contributed by atoms with E-state index in [2.05, 4.69) is 30.7 Å². The quantitative estimate of drug-likeness (QED) is 0.398. The summed E-state index contributed by atoms with van der Waals surface area (Å²) in [6.07, 6.45) is 0. The van der Waals surface area contributed by atoms with Crippen LogP contribution in [0.4, 0.5) is 5.95 Å². The first kappa shape index (κ1) is 22.7. The number of para-hydroxylation sites is 2. The Labute approximate surface area is 194 Å². The summed E-state index contributed by atoms with van der Waals surface area (Å²) in [5.41, 5.74) is 3.76. The molecule has 0 radical (unpaired) electrons. The van der Waals surface area contributed by atoms with Crippen LogP contribution in [0.1, 0.15) is 42.3 Å². The van der Waals surface area contributed by atoms with Gasteiger partial charge in [0, 0.05) is 5.56 Å². The lowest BCUT2D eigenvalue weighted by molar-refractivity contribution is 0.100. The average Bonchev–Trinajstić information content (AvgIpc) is 3.20. The summed E-state index contributed by atoms with van der Waals surface area (Å²) in [5, 5.41) is 0. The maximum absolute atomic E-state index is 13.6. The van der Waals surface area contributed by atoms with Gasteiger partial charge < -0.3 is 4.98 Å². The molecule has 1 aromatic heterocycles. The van der Waals surface area contributed by atoms with Crippen LogP contribution in [-0.2, 0) is 15.4 Å². The Kier molecular flexibility index (Phi) is 5.84. The van der Waals surface area contributed by atoms with E-state index in [0.29, 0.717) is 16.6 Å². The number of anilines is 1. The molecule has 1 heterocycles. The molecule has 0 saturated heterocycles. The maximum atomic E-state index is 13.6. The lowest BCUT2D eigenvalue weighted by Crippen LogP contribution is -2.36. The van der Waals surface area contributed by atoms with E-state index in [1.807, 2.05) is 37.3 Å². The summed E-state index contributed by atoms with van der Waals surface area (Å²) >= 11 is 0. The van der Waals surface area contributed by atoms with Gasteiger partial charge in [0.2, 0.25) is 5.95 Å². The van der Waals surface area contributed by atoms with E-state index in [4.69, 9.17) is 0 Å². The lowest BCUT2D eigenvalue weighted by atomic mass is 9.86. The lowest BCUT2D eigenvalue weighted by Gasteiger charge is -2.22. The number of H-pyrrole nitrogens is 1. The zero-order chi connectivity index (χ0) is 23.8. The van der Waals surface area contributed by atoms with Crippen molar-refractivity contribution in [3.8, 4) is 0 Å². The molecule has 0 aliphatic heterocycles. The van der Waals surface area contributed by atoms with Crippen molar-refractivity contribution in [3.05, 3.63) is 89.5 Å². The Morgan fingerprint density at radius 3 is 2.18 bits per heavy atom. The highest BCUT2D eigenvalue weighted by molar-refractivity contribution is 7.92. The first-order valence-corrected chi connectivity index (χ1v) is 12.2. The van der Waals surface area contributed by atoms with Gasteiger partial charge in [0.1, 0.15) is 6.54 Å². The van der Waals surface area contributed by atoms with Crippen LogP contribution < -0.4 is 4.31 Å². The first-order valence-electron chi connectivity index (χ1n) is 10.7. The molecule has 3 aromatic carbocycles. The molecule has 0 bridgehead atoms. The number of nitrogens with zero attached hydrogens (tertiary/aromatic N) is 2. The molecule has 1 N–H and O–H groups in total. The molecule has 0 saturated carbocycles. The van der Waals surface area contributed by atoms with E-state index < -0.39 is 10.0 Å². The van der Waals surface area contributed by atoms with E-state index in [-0.39, 0.29) is 28.6 Å². The molecule has 0 fully saturated rings. The van der Waals surface area contributed by atoms with Crippen LogP contribution in [0.15, 0.2) is 77.7 Å². The number of fused-ring (bicyclic) bond motifs is 1. The second kappa shape index (κ2) is 8.48. The summed E-state index contributed by atoms with van der Waals surface area (Å²) in [6.45, 7) is 7.81. The van der Waals surface area contributed by atoms with E-state index in [9.17, 15) is 13.2 Å². The van der Waals surface area contributed by atoms with Crippen LogP contribution in [0.25, 0.3) is 11.0 Å². The first-order chi connectivity index (χ1) is 15.6. The average molecular weight is 462 g/mol. The number of nitrogens with one attached hydrogen (secondary N) is 1. The zero-order valence-electron chi connectivity index (χ0n) is 19.2. The van der Waals surface area contributed by atoms with Gasteiger partial charge in [-0.2, -0.15) is 0 Å². The van der Waals surface area contributed by atoms with Gasteiger partial charge >= 0.3 is 0 Å². The Morgan fingerprint density at radius 1 is 0.939 bits per heavy atom. The van der Waals surface area contributed by atoms with E-state index in [0.717, 1.165) is 15.4 Å². The molecule has 0 spiro atoms. The molecular formula is C26H27N3O3S. The Hall–Kier alpha value is -3.45. The number of sulfonamides is 1. The molecule has 0 amide bonds. The van der Waals surface area contributed by atoms with Crippen molar-refractivity contribution in [2.24, 2.45) is 0 Å². The van der Waals surface area contributed by atoms with Crippen LogP contribution >= 0.6 is 0 Å². The van der Waals surface area contributed by atoms with Crippen molar-refractivity contribution in [2.45, 2.75) is 38.0 Å². The Morgan fingerprint density at radius 2 is 1.58 bits per heavy atom. The summed E-state index contributed by atoms with van der Waals surface area (Å²) in [5.74, 6) is -0.206. The fourth-order valence-corrected chi connectivity index (χ4v) is 4.88. The number of benzene rings is 3. The molecule has 4 aromatic rings. The third-order valence-corrected chi connectivity index (χ3v) is 7.33. The van der Waals surface area contributed by atoms with Crippen molar-refractivity contribution in [1.82, 2.24) is 9.97 Å².